The van der Waals surface area contributed by atoms with Crippen LogP contribution in [-0.4, -0.2) is 35.2 Å². The molecule has 2 atom stereocenters. The quantitative estimate of drug-likeness (QED) is 0.625. The SMILES string of the molecule is O=Cc1cc(C(F)(F)F)ccc1C(O)C(O)CNC(=O)OCc1ccccc1. The molecule has 0 aliphatic rings. The van der Waals surface area contributed by atoms with Crippen molar-refractivity contribution in [3.8, 4) is 0 Å². The second-order valence-corrected chi connectivity index (χ2v) is 5.91. The summed E-state index contributed by atoms with van der Waals surface area (Å²) < 4.78 is 43.1. The lowest BCUT2D eigenvalue weighted by molar-refractivity contribution is -0.137. The molecule has 2 rings (SSSR count). The Hall–Kier alpha value is -2.91. The van der Waals surface area contributed by atoms with Crippen molar-refractivity contribution < 1.29 is 37.7 Å². The summed E-state index contributed by atoms with van der Waals surface area (Å²) in [5.41, 5.74) is -0.899. The van der Waals surface area contributed by atoms with Crippen molar-refractivity contribution in [2.75, 3.05) is 6.54 Å². The van der Waals surface area contributed by atoms with Gasteiger partial charge in [-0.1, -0.05) is 36.4 Å². The van der Waals surface area contributed by atoms with E-state index >= 15 is 0 Å². The highest BCUT2D eigenvalue weighted by molar-refractivity contribution is 5.78. The second kappa shape index (κ2) is 9.34. The summed E-state index contributed by atoms with van der Waals surface area (Å²) in [5.74, 6) is 0. The Morgan fingerprint density at radius 1 is 1.14 bits per heavy atom. The smallest absolute Gasteiger partial charge is 0.416 e. The van der Waals surface area contributed by atoms with Gasteiger partial charge >= 0.3 is 12.3 Å². The molecule has 9 heteroatoms. The molecule has 0 radical (unpaired) electrons. The van der Waals surface area contributed by atoms with Crippen molar-refractivity contribution in [1.29, 1.82) is 0 Å². The molecule has 0 saturated carbocycles. The minimum absolute atomic E-state index is 0.000480. The van der Waals surface area contributed by atoms with E-state index in [1.165, 1.54) is 0 Å². The fourth-order valence-corrected chi connectivity index (χ4v) is 2.40. The van der Waals surface area contributed by atoms with Crippen molar-refractivity contribution in [1.82, 2.24) is 5.32 Å². The zero-order valence-electron chi connectivity index (χ0n) is 14.5. The molecule has 28 heavy (non-hydrogen) atoms. The molecular weight excluding hydrogens is 379 g/mol. The van der Waals surface area contributed by atoms with Crippen LogP contribution in [0.25, 0.3) is 0 Å². The summed E-state index contributed by atoms with van der Waals surface area (Å²) >= 11 is 0. The van der Waals surface area contributed by atoms with Crippen LogP contribution >= 0.6 is 0 Å². The molecule has 2 aromatic rings. The maximum absolute atomic E-state index is 12.7. The van der Waals surface area contributed by atoms with Gasteiger partial charge in [-0.15, -0.1) is 0 Å². The van der Waals surface area contributed by atoms with Crippen LogP contribution in [0, 0.1) is 0 Å². The first-order chi connectivity index (χ1) is 13.2. The number of nitrogens with one attached hydrogen (secondary N) is 1. The van der Waals surface area contributed by atoms with Crippen molar-refractivity contribution >= 4 is 12.4 Å². The minimum atomic E-state index is -4.65. The summed E-state index contributed by atoms with van der Waals surface area (Å²) in [7, 11) is 0. The summed E-state index contributed by atoms with van der Waals surface area (Å²) in [4.78, 5) is 22.7. The first-order valence-corrected chi connectivity index (χ1v) is 8.19. The molecule has 0 aliphatic carbocycles. The van der Waals surface area contributed by atoms with E-state index in [4.69, 9.17) is 4.74 Å². The highest BCUT2D eigenvalue weighted by Gasteiger charge is 2.32. The number of amides is 1. The van der Waals surface area contributed by atoms with E-state index in [0.717, 1.165) is 11.6 Å². The van der Waals surface area contributed by atoms with Crippen LogP contribution < -0.4 is 5.32 Å². The topological polar surface area (TPSA) is 95.9 Å². The predicted molar refractivity (Wildman–Crippen MR) is 92.4 cm³/mol. The van der Waals surface area contributed by atoms with Crippen molar-refractivity contribution in [3.63, 3.8) is 0 Å². The van der Waals surface area contributed by atoms with Gasteiger partial charge in [0.15, 0.2) is 0 Å². The lowest BCUT2D eigenvalue weighted by Crippen LogP contribution is -2.36. The van der Waals surface area contributed by atoms with Crippen LogP contribution in [0.2, 0.25) is 0 Å². The van der Waals surface area contributed by atoms with Gasteiger partial charge in [-0.3, -0.25) is 4.79 Å². The van der Waals surface area contributed by atoms with Crippen LogP contribution in [0.5, 0.6) is 0 Å². The van der Waals surface area contributed by atoms with E-state index in [1.807, 2.05) is 0 Å². The predicted octanol–water partition coefficient (Wildman–Crippen LogP) is 2.84. The van der Waals surface area contributed by atoms with Gasteiger partial charge in [0.25, 0.3) is 0 Å². The molecule has 1 amide bonds. The standard InChI is InChI=1S/C19H18F3NO5/c20-19(21,22)14-6-7-15(13(8-14)10-24)17(26)16(25)9-23-18(27)28-11-12-4-2-1-3-5-12/h1-8,10,16-17,25-26H,9,11H2,(H,23,27). The molecule has 150 valence electrons. The molecule has 0 bridgehead atoms. The van der Waals surface area contributed by atoms with Crippen LogP contribution in [0.3, 0.4) is 0 Å². The minimum Gasteiger partial charge on any atom is -0.445 e. The Balaban J connectivity index is 1.94. The Labute approximate surface area is 158 Å². The van der Waals surface area contributed by atoms with Gasteiger partial charge in [0.05, 0.1) is 5.56 Å². The maximum Gasteiger partial charge on any atom is 0.416 e. The normalized spacial score (nSPS) is 13.5. The van der Waals surface area contributed by atoms with Crippen LogP contribution in [-0.2, 0) is 17.5 Å². The van der Waals surface area contributed by atoms with Gasteiger partial charge in [-0.05, 0) is 23.3 Å². The Morgan fingerprint density at radius 2 is 1.82 bits per heavy atom. The summed E-state index contributed by atoms with van der Waals surface area (Å²) in [5, 5.41) is 22.4. The molecule has 6 nitrogen and oxygen atoms in total. The molecular formula is C19H18F3NO5. The first kappa shape index (κ1) is 21.4. The van der Waals surface area contributed by atoms with Gasteiger partial charge in [-0.2, -0.15) is 13.2 Å². The van der Waals surface area contributed by atoms with Gasteiger partial charge in [0.1, 0.15) is 25.1 Å². The summed E-state index contributed by atoms with van der Waals surface area (Å²) in [6.45, 7) is -0.437. The lowest BCUT2D eigenvalue weighted by atomic mass is 9.97. The third kappa shape index (κ3) is 5.80. The van der Waals surface area contributed by atoms with Crippen molar-refractivity contribution in [3.05, 3.63) is 70.8 Å². The molecule has 0 spiro atoms. The number of rotatable bonds is 7. The number of alkyl carbamates (subject to hydrolysis) is 1. The number of hydrogen-bond acceptors (Lipinski definition) is 5. The number of hydrogen-bond donors (Lipinski definition) is 3. The van der Waals surface area contributed by atoms with Crippen molar-refractivity contribution in [2.45, 2.75) is 25.0 Å². The third-order valence-corrected chi connectivity index (χ3v) is 3.89. The number of ether oxygens (including phenoxy) is 1. The Morgan fingerprint density at radius 3 is 2.43 bits per heavy atom. The second-order valence-electron chi connectivity index (χ2n) is 5.91. The van der Waals surface area contributed by atoms with Gasteiger partial charge in [0.2, 0.25) is 0 Å². The fraction of sp³-hybridized carbons (Fsp3) is 0.263. The molecule has 0 aromatic heterocycles. The average Bonchev–Trinajstić information content (AvgIpc) is 2.69. The van der Waals surface area contributed by atoms with E-state index in [1.54, 1.807) is 30.3 Å². The van der Waals surface area contributed by atoms with Crippen LogP contribution in [0.1, 0.15) is 33.2 Å². The summed E-state index contributed by atoms with van der Waals surface area (Å²) in [6, 6.07) is 11.0. The fourth-order valence-electron chi connectivity index (χ4n) is 2.40. The summed E-state index contributed by atoms with van der Waals surface area (Å²) in [6.07, 6.45) is -8.60. The number of alkyl halides is 3. The number of aliphatic hydroxyl groups is 2. The van der Waals surface area contributed by atoms with E-state index in [-0.39, 0.29) is 18.5 Å². The Kier molecular flexibility index (Phi) is 7.13. The van der Waals surface area contributed by atoms with Crippen LogP contribution in [0.4, 0.5) is 18.0 Å². The Bertz CT molecular complexity index is 811. The van der Waals surface area contributed by atoms with E-state index in [9.17, 15) is 33.0 Å². The molecule has 0 fully saturated rings. The lowest BCUT2D eigenvalue weighted by Gasteiger charge is -2.20. The van der Waals surface area contributed by atoms with Crippen LogP contribution in [0.15, 0.2) is 48.5 Å². The molecule has 0 saturated heterocycles. The zero-order valence-corrected chi connectivity index (χ0v) is 14.5. The first-order valence-electron chi connectivity index (χ1n) is 8.19. The van der Waals surface area contributed by atoms with E-state index in [2.05, 4.69) is 5.32 Å². The largest absolute Gasteiger partial charge is 0.445 e. The number of aldehydes is 1. The van der Waals surface area contributed by atoms with Gasteiger partial charge < -0.3 is 20.3 Å². The number of carbonyl (C=O) groups excluding carboxylic acids is 2. The van der Waals surface area contributed by atoms with Gasteiger partial charge in [0, 0.05) is 12.1 Å². The zero-order chi connectivity index (χ0) is 20.7. The molecule has 2 unspecified atom stereocenters. The number of benzene rings is 2. The number of aliphatic hydroxyl groups excluding tert-OH is 2. The highest BCUT2D eigenvalue weighted by Crippen LogP contribution is 2.32. The third-order valence-electron chi connectivity index (χ3n) is 3.89. The number of carbonyl (C=O) groups is 2. The van der Waals surface area contributed by atoms with Crippen molar-refractivity contribution in [2.24, 2.45) is 0 Å². The van der Waals surface area contributed by atoms with E-state index in [0.29, 0.717) is 12.1 Å². The molecule has 3 N–H and O–H groups in total. The maximum atomic E-state index is 12.7. The molecule has 2 aromatic carbocycles. The van der Waals surface area contributed by atoms with Gasteiger partial charge in [-0.25, -0.2) is 4.79 Å². The average molecular weight is 397 g/mol. The highest BCUT2D eigenvalue weighted by atomic mass is 19.4. The monoisotopic (exact) mass is 397 g/mol. The number of halogens is 3. The molecule has 0 aliphatic heterocycles. The van der Waals surface area contributed by atoms with E-state index < -0.39 is 42.1 Å². The molecule has 0 heterocycles.